The van der Waals surface area contributed by atoms with Crippen LogP contribution >= 0.6 is 0 Å². The topological polar surface area (TPSA) is 42.1 Å². The molecule has 1 saturated carbocycles. The largest absolute Gasteiger partial charge is 0.378 e. The summed E-state index contributed by atoms with van der Waals surface area (Å²) < 4.78 is 5.57. The highest BCUT2D eigenvalue weighted by Crippen LogP contribution is 2.39. The average Bonchev–Trinajstić information content (AvgIpc) is 2.86. The number of ether oxygens (including phenoxy) is 1. The van der Waals surface area contributed by atoms with Crippen molar-refractivity contribution < 1.29 is 9.53 Å². The number of methoxy groups -OCH3 is 1. The first-order chi connectivity index (χ1) is 9.69. The maximum absolute atomic E-state index is 12.6. The molecule has 3 nitrogen and oxygen atoms in total. The van der Waals surface area contributed by atoms with Crippen LogP contribution in [0.1, 0.15) is 48.5 Å². The third kappa shape index (κ3) is 2.06. The number of rotatable bonds is 5. The first-order valence-electron chi connectivity index (χ1n) is 7.36. The van der Waals surface area contributed by atoms with Gasteiger partial charge in [-0.05, 0) is 31.2 Å². The predicted octanol–water partition coefficient (Wildman–Crippen LogP) is 3.87. The van der Waals surface area contributed by atoms with Gasteiger partial charge in [-0.2, -0.15) is 0 Å². The lowest BCUT2D eigenvalue weighted by Gasteiger charge is -2.40. The quantitative estimate of drug-likeness (QED) is 0.839. The fourth-order valence-electron chi connectivity index (χ4n) is 3.15. The van der Waals surface area contributed by atoms with Crippen molar-refractivity contribution in [2.75, 3.05) is 7.11 Å². The summed E-state index contributed by atoms with van der Waals surface area (Å²) in [5, 5.41) is 1.04. The number of Topliss-reactive ketones (excluding diaryl/α,β-unsaturated/α-hetero) is 1. The second kappa shape index (κ2) is 5.06. The molecule has 1 aromatic heterocycles. The molecular formula is C17H21NO2. The average molecular weight is 271 g/mol. The van der Waals surface area contributed by atoms with Gasteiger partial charge in [-0.15, -0.1) is 0 Å². The number of para-hydroxylation sites is 1. The van der Waals surface area contributed by atoms with Crippen LogP contribution in [0.25, 0.3) is 10.9 Å². The summed E-state index contributed by atoms with van der Waals surface area (Å²) in [5.41, 5.74) is 2.95. The fraction of sp³-hybridized carbons (Fsp3) is 0.471. The molecule has 3 heteroatoms. The number of hydrogen-bond donors (Lipinski definition) is 1. The molecule has 0 spiro atoms. The molecule has 0 bridgehead atoms. The second-order valence-corrected chi connectivity index (χ2v) is 5.74. The Morgan fingerprint density at radius 1 is 1.40 bits per heavy atom. The van der Waals surface area contributed by atoms with Crippen molar-refractivity contribution in [1.82, 2.24) is 4.98 Å². The van der Waals surface area contributed by atoms with E-state index in [0.29, 0.717) is 6.42 Å². The normalized spacial score (nSPS) is 17.1. The molecule has 2 aromatic rings. The Morgan fingerprint density at radius 3 is 2.80 bits per heavy atom. The number of benzene rings is 1. The summed E-state index contributed by atoms with van der Waals surface area (Å²) in [6.45, 7) is 2.13. The Bertz CT molecular complexity index is 632. The molecule has 1 fully saturated rings. The van der Waals surface area contributed by atoms with Crippen molar-refractivity contribution in [3.8, 4) is 0 Å². The molecule has 1 aliphatic carbocycles. The highest BCUT2D eigenvalue weighted by Gasteiger charge is 2.39. The van der Waals surface area contributed by atoms with Crippen LogP contribution in [0, 0.1) is 0 Å². The van der Waals surface area contributed by atoms with Crippen molar-refractivity contribution in [2.24, 2.45) is 0 Å². The molecule has 1 aliphatic rings. The lowest BCUT2D eigenvalue weighted by atomic mass is 9.76. The molecule has 1 aromatic carbocycles. The zero-order chi connectivity index (χ0) is 14.2. The first kappa shape index (κ1) is 13.4. The minimum atomic E-state index is -0.205. The summed E-state index contributed by atoms with van der Waals surface area (Å²) in [5.74, 6) is 0.186. The van der Waals surface area contributed by atoms with E-state index in [1.54, 1.807) is 7.11 Å². The van der Waals surface area contributed by atoms with Crippen LogP contribution in [0.2, 0.25) is 0 Å². The maximum atomic E-state index is 12.6. The highest BCUT2D eigenvalue weighted by atomic mass is 16.5. The van der Waals surface area contributed by atoms with Crippen LogP contribution in [0.3, 0.4) is 0 Å². The number of carbonyl (C=O) groups is 1. The number of aromatic nitrogens is 1. The number of aromatic amines is 1. The standard InChI is InChI=1S/C17H21NO2/c1-3-12-6-4-7-13-14(11-18-16(12)13)15(19)10-17(20-2)8-5-9-17/h4,6-7,11,18H,3,5,8-10H2,1-2H3. The van der Waals surface area contributed by atoms with E-state index >= 15 is 0 Å². The molecule has 0 atom stereocenters. The second-order valence-electron chi connectivity index (χ2n) is 5.74. The van der Waals surface area contributed by atoms with E-state index in [4.69, 9.17) is 4.74 Å². The van der Waals surface area contributed by atoms with Crippen LogP contribution < -0.4 is 0 Å². The molecule has 106 valence electrons. The molecule has 1 heterocycles. The van der Waals surface area contributed by atoms with Gasteiger partial charge >= 0.3 is 0 Å². The minimum absolute atomic E-state index is 0.186. The smallest absolute Gasteiger partial charge is 0.167 e. The Labute approximate surface area is 119 Å². The van der Waals surface area contributed by atoms with Gasteiger partial charge in [0, 0.05) is 36.2 Å². The van der Waals surface area contributed by atoms with Crippen molar-refractivity contribution in [3.05, 3.63) is 35.5 Å². The van der Waals surface area contributed by atoms with Crippen molar-refractivity contribution in [3.63, 3.8) is 0 Å². The number of carbonyl (C=O) groups excluding carboxylic acids is 1. The van der Waals surface area contributed by atoms with Crippen LogP contribution in [0.5, 0.6) is 0 Å². The van der Waals surface area contributed by atoms with Gasteiger partial charge in [0.2, 0.25) is 0 Å². The van der Waals surface area contributed by atoms with E-state index < -0.39 is 0 Å². The highest BCUT2D eigenvalue weighted by molar-refractivity contribution is 6.08. The minimum Gasteiger partial charge on any atom is -0.378 e. The van der Waals surface area contributed by atoms with E-state index in [1.807, 2.05) is 18.3 Å². The Kier molecular flexibility index (Phi) is 3.38. The summed E-state index contributed by atoms with van der Waals surface area (Å²) in [6.07, 6.45) is 6.47. The number of hydrogen-bond acceptors (Lipinski definition) is 2. The van der Waals surface area contributed by atoms with Crippen LogP contribution in [0.4, 0.5) is 0 Å². The van der Waals surface area contributed by atoms with E-state index in [0.717, 1.165) is 42.1 Å². The third-order valence-corrected chi connectivity index (χ3v) is 4.66. The van der Waals surface area contributed by atoms with Crippen molar-refractivity contribution in [1.29, 1.82) is 0 Å². The molecule has 20 heavy (non-hydrogen) atoms. The van der Waals surface area contributed by atoms with Gasteiger partial charge < -0.3 is 9.72 Å². The molecule has 0 aliphatic heterocycles. The summed E-state index contributed by atoms with van der Waals surface area (Å²) in [4.78, 5) is 15.9. The Hall–Kier alpha value is -1.61. The van der Waals surface area contributed by atoms with Gasteiger partial charge in [-0.25, -0.2) is 0 Å². The van der Waals surface area contributed by atoms with Gasteiger partial charge in [0.05, 0.1) is 5.60 Å². The zero-order valence-electron chi connectivity index (χ0n) is 12.2. The Morgan fingerprint density at radius 2 is 2.20 bits per heavy atom. The SMILES string of the molecule is CCc1cccc2c(C(=O)CC3(OC)CCC3)c[nH]c12. The van der Waals surface area contributed by atoms with Gasteiger partial charge in [-0.3, -0.25) is 4.79 Å². The summed E-state index contributed by atoms with van der Waals surface area (Å²) in [6, 6.07) is 6.16. The number of H-pyrrole nitrogens is 1. The van der Waals surface area contributed by atoms with Crippen LogP contribution in [-0.4, -0.2) is 23.5 Å². The molecule has 0 amide bonds. The lowest BCUT2D eigenvalue weighted by molar-refractivity contribution is -0.0704. The van der Waals surface area contributed by atoms with Gasteiger partial charge in [-0.1, -0.05) is 25.1 Å². The summed E-state index contributed by atoms with van der Waals surface area (Å²) in [7, 11) is 1.72. The molecule has 3 rings (SSSR count). The van der Waals surface area contributed by atoms with Gasteiger partial charge in [0.25, 0.3) is 0 Å². The first-order valence-corrected chi connectivity index (χ1v) is 7.36. The van der Waals surface area contributed by atoms with Gasteiger partial charge in [0.15, 0.2) is 5.78 Å². The lowest BCUT2D eigenvalue weighted by Crippen LogP contribution is -2.41. The number of ketones is 1. The summed E-state index contributed by atoms with van der Waals surface area (Å²) >= 11 is 0. The monoisotopic (exact) mass is 271 g/mol. The predicted molar refractivity (Wildman–Crippen MR) is 80.2 cm³/mol. The number of fused-ring (bicyclic) bond motifs is 1. The molecular weight excluding hydrogens is 250 g/mol. The van der Waals surface area contributed by atoms with E-state index in [-0.39, 0.29) is 11.4 Å². The van der Waals surface area contributed by atoms with Crippen molar-refractivity contribution >= 4 is 16.7 Å². The van der Waals surface area contributed by atoms with Crippen molar-refractivity contribution in [2.45, 2.75) is 44.6 Å². The molecule has 0 unspecified atom stereocenters. The number of aryl methyl sites for hydroxylation is 1. The van der Waals surface area contributed by atoms with E-state index in [1.165, 1.54) is 5.56 Å². The zero-order valence-corrected chi connectivity index (χ0v) is 12.2. The van der Waals surface area contributed by atoms with Crippen LogP contribution in [0.15, 0.2) is 24.4 Å². The van der Waals surface area contributed by atoms with E-state index in [2.05, 4.69) is 18.0 Å². The van der Waals surface area contributed by atoms with Crippen LogP contribution in [-0.2, 0) is 11.2 Å². The molecule has 0 saturated heterocycles. The third-order valence-electron chi connectivity index (χ3n) is 4.66. The molecule has 1 N–H and O–H groups in total. The van der Waals surface area contributed by atoms with E-state index in [9.17, 15) is 4.79 Å². The van der Waals surface area contributed by atoms with Gasteiger partial charge in [0.1, 0.15) is 0 Å². The fourth-order valence-corrected chi connectivity index (χ4v) is 3.15. The number of nitrogens with one attached hydrogen (secondary N) is 1. The Balaban J connectivity index is 1.92. The maximum Gasteiger partial charge on any atom is 0.167 e. The molecule has 0 radical (unpaired) electrons.